The van der Waals surface area contributed by atoms with Gasteiger partial charge in [-0.15, -0.1) is 11.3 Å². The minimum absolute atomic E-state index is 0.169. The number of rotatable bonds is 4. The Morgan fingerprint density at radius 3 is 3.11 bits per heavy atom. The first-order chi connectivity index (χ1) is 8.66. The largest absolute Gasteiger partial charge is 0.375 e. The first kappa shape index (κ1) is 13.6. The average Bonchev–Trinajstić information content (AvgIpc) is 2.85. The quantitative estimate of drug-likeness (QED) is 0.839. The number of hydrogen-bond donors (Lipinski definition) is 0. The van der Waals surface area contributed by atoms with Crippen molar-refractivity contribution < 1.29 is 9.53 Å². The predicted molar refractivity (Wildman–Crippen MR) is 73.8 cm³/mol. The standard InChI is InChI=1S/C14H21NO2S/c1-11-10-17-12(2)9-15(11)14(16)7-3-5-13-6-4-8-18-13/h4,6,8,11-12H,3,5,7,9-10H2,1-2H3/t11-,12-/m0/s1. The van der Waals surface area contributed by atoms with Crippen LogP contribution >= 0.6 is 11.3 Å². The van der Waals surface area contributed by atoms with E-state index in [1.54, 1.807) is 11.3 Å². The molecule has 1 aliphatic heterocycles. The molecule has 0 spiro atoms. The van der Waals surface area contributed by atoms with Crippen LogP contribution in [0.2, 0.25) is 0 Å². The normalized spacial score (nSPS) is 24.2. The van der Waals surface area contributed by atoms with E-state index in [0.29, 0.717) is 13.0 Å². The number of carbonyl (C=O) groups is 1. The van der Waals surface area contributed by atoms with Crippen LogP contribution in [0.4, 0.5) is 0 Å². The molecular weight excluding hydrogens is 246 g/mol. The number of nitrogens with zero attached hydrogens (tertiary/aromatic N) is 1. The molecule has 0 unspecified atom stereocenters. The SMILES string of the molecule is C[C@H]1CN(C(=O)CCCc2cccs2)[C@@H](C)CO1. The minimum Gasteiger partial charge on any atom is -0.375 e. The number of amides is 1. The molecule has 2 atom stereocenters. The predicted octanol–water partition coefficient (Wildman–Crippen LogP) is 2.71. The maximum atomic E-state index is 12.2. The topological polar surface area (TPSA) is 29.5 Å². The third kappa shape index (κ3) is 3.56. The van der Waals surface area contributed by atoms with Gasteiger partial charge in [-0.3, -0.25) is 4.79 Å². The lowest BCUT2D eigenvalue weighted by Gasteiger charge is -2.36. The Morgan fingerprint density at radius 2 is 2.39 bits per heavy atom. The molecule has 0 bridgehead atoms. The Kier molecular flexibility index (Phi) is 4.78. The molecule has 1 amide bonds. The molecule has 3 nitrogen and oxygen atoms in total. The highest BCUT2D eigenvalue weighted by atomic mass is 32.1. The summed E-state index contributed by atoms with van der Waals surface area (Å²) in [5.41, 5.74) is 0. The van der Waals surface area contributed by atoms with E-state index in [2.05, 4.69) is 24.4 Å². The molecule has 1 saturated heterocycles. The van der Waals surface area contributed by atoms with Crippen LogP contribution in [0.15, 0.2) is 17.5 Å². The lowest BCUT2D eigenvalue weighted by Crippen LogP contribution is -2.50. The maximum absolute atomic E-state index is 12.2. The van der Waals surface area contributed by atoms with Crippen LogP contribution in [0.3, 0.4) is 0 Å². The Bertz CT molecular complexity index is 377. The average molecular weight is 267 g/mol. The van der Waals surface area contributed by atoms with Crippen molar-refractivity contribution in [2.45, 2.75) is 45.3 Å². The number of carbonyl (C=O) groups excluding carboxylic acids is 1. The van der Waals surface area contributed by atoms with Gasteiger partial charge in [0.05, 0.1) is 18.8 Å². The first-order valence-corrected chi connectivity index (χ1v) is 7.48. The molecule has 2 rings (SSSR count). The van der Waals surface area contributed by atoms with Gasteiger partial charge in [-0.05, 0) is 38.1 Å². The van der Waals surface area contributed by atoms with E-state index in [-0.39, 0.29) is 18.1 Å². The summed E-state index contributed by atoms with van der Waals surface area (Å²) in [6.45, 7) is 5.48. The van der Waals surface area contributed by atoms with Gasteiger partial charge in [0.25, 0.3) is 0 Å². The smallest absolute Gasteiger partial charge is 0.222 e. The van der Waals surface area contributed by atoms with Gasteiger partial charge in [0.15, 0.2) is 0 Å². The number of ether oxygens (including phenoxy) is 1. The number of aryl methyl sites for hydroxylation is 1. The Labute approximate surface area is 113 Å². The lowest BCUT2D eigenvalue weighted by atomic mass is 10.1. The molecule has 1 fully saturated rings. The summed E-state index contributed by atoms with van der Waals surface area (Å²) in [7, 11) is 0. The van der Waals surface area contributed by atoms with Gasteiger partial charge in [-0.2, -0.15) is 0 Å². The van der Waals surface area contributed by atoms with Gasteiger partial charge < -0.3 is 9.64 Å². The molecule has 1 aliphatic rings. The van der Waals surface area contributed by atoms with E-state index in [1.807, 2.05) is 11.8 Å². The second kappa shape index (κ2) is 6.34. The molecular formula is C14H21NO2S. The molecule has 1 aromatic rings. The summed E-state index contributed by atoms with van der Waals surface area (Å²) < 4.78 is 5.54. The fourth-order valence-corrected chi connectivity index (χ4v) is 3.01. The molecule has 2 heterocycles. The van der Waals surface area contributed by atoms with Crippen LogP contribution < -0.4 is 0 Å². The Balaban J connectivity index is 1.76. The molecule has 0 aromatic carbocycles. The number of morpholine rings is 1. The fourth-order valence-electron chi connectivity index (χ4n) is 2.26. The zero-order valence-corrected chi connectivity index (χ0v) is 11.9. The molecule has 0 radical (unpaired) electrons. The van der Waals surface area contributed by atoms with E-state index in [4.69, 9.17) is 4.74 Å². The minimum atomic E-state index is 0.169. The van der Waals surface area contributed by atoms with Crippen molar-refractivity contribution in [2.24, 2.45) is 0 Å². The van der Waals surface area contributed by atoms with Crippen molar-refractivity contribution in [1.82, 2.24) is 4.90 Å². The van der Waals surface area contributed by atoms with E-state index < -0.39 is 0 Å². The summed E-state index contributed by atoms with van der Waals surface area (Å²) in [6.07, 6.45) is 2.77. The zero-order valence-electron chi connectivity index (χ0n) is 11.1. The summed E-state index contributed by atoms with van der Waals surface area (Å²) in [6, 6.07) is 4.41. The Morgan fingerprint density at radius 1 is 1.56 bits per heavy atom. The van der Waals surface area contributed by atoms with Gasteiger partial charge in [-0.1, -0.05) is 6.07 Å². The van der Waals surface area contributed by atoms with Gasteiger partial charge in [0, 0.05) is 17.8 Å². The van der Waals surface area contributed by atoms with Crippen LogP contribution in [-0.4, -0.2) is 36.1 Å². The van der Waals surface area contributed by atoms with Crippen molar-refractivity contribution in [2.75, 3.05) is 13.2 Å². The van der Waals surface area contributed by atoms with Crippen molar-refractivity contribution in [3.05, 3.63) is 22.4 Å². The molecule has 0 N–H and O–H groups in total. The summed E-state index contributed by atoms with van der Waals surface area (Å²) in [4.78, 5) is 15.5. The second-order valence-corrected chi connectivity index (χ2v) is 6.00. The Hall–Kier alpha value is -0.870. The van der Waals surface area contributed by atoms with E-state index in [9.17, 15) is 4.79 Å². The third-order valence-corrected chi connectivity index (χ3v) is 4.26. The number of thiophene rings is 1. The van der Waals surface area contributed by atoms with Crippen LogP contribution in [0.5, 0.6) is 0 Å². The van der Waals surface area contributed by atoms with Crippen LogP contribution in [0.25, 0.3) is 0 Å². The van der Waals surface area contributed by atoms with Gasteiger partial charge >= 0.3 is 0 Å². The van der Waals surface area contributed by atoms with Crippen LogP contribution in [0, 0.1) is 0 Å². The fraction of sp³-hybridized carbons (Fsp3) is 0.643. The highest BCUT2D eigenvalue weighted by molar-refractivity contribution is 7.09. The van der Waals surface area contributed by atoms with Crippen molar-refractivity contribution >= 4 is 17.2 Å². The monoisotopic (exact) mass is 267 g/mol. The molecule has 18 heavy (non-hydrogen) atoms. The maximum Gasteiger partial charge on any atom is 0.222 e. The van der Waals surface area contributed by atoms with Crippen molar-refractivity contribution in [1.29, 1.82) is 0 Å². The van der Waals surface area contributed by atoms with Crippen molar-refractivity contribution in [3.8, 4) is 0 Å². The first-order valence-electron chi connectivity index (χ1n) is 6.60. The molecule has 1 aromatic heterocycles. The summed E-state index contributed by atoms with van der Waals surface area (Å²) >= 11 is 1.77. The van der Waals surface area contributed by atoms with E-state index in [0.717, 1.165) is 19.4 Å². The van der Waals surface area contributed by atoms with E-state index >= 15 is 0 Å². The second-order valence-electron chi connectivity index (χ2n) is 4.97. The van der Waals surface area contributed by atoms with Crippen LogP contribution in [-0.2, 0) is 16.0 Å². The molecule has 100 valence electrons. The third-order valence-electron chi connectivity index (χ3n) is 3.32. The highest BCUT2D eigenvalue weighted by Crippen LogP contribution is 2.16. The van der Waals surface area contributed by atoms with Gasteiger partial charge in [0.1, 0.15) is 0 Å². The zero-order chi connectivity index (χ0) is 13.0. The van der Waals surface area contributed by atoms with Crippen LogP contribution in [0.1, 0.15) is 31.6 Å². The molecule has 4 heteroatoms. The number of hydrogen-bond acceptors (Lipinski definition) is 3. The summed E-state index contributed by atoms with van der Waals surface area (Å²) in [5, 5.41) is 2.09. The highest BCUT2D eigenvalue weighted by Gasteiger charge is 2.26. The molecule has 0 aliphatic carbocycles. The van der Waals surface area contributed by atoms with Gasteiger partial charge in [0.2, 0.25) is 5.91 Å². The van der Waals surface area contributed by atoms with Crippen molar-refractivity contribution in [3.63, 3.8) is 0 Å². The van der Waals surface area contributed by atoms with Gasteiger partial charge in [-0.25, -0.2) is 0 Å². The summed E-state index contributed by atoms with van der Waals surface area (Å²) in [5.74, 6) is 0.272. The van der Waals surface area contributed by atoms with E-state index in [1.165, 1.54) is 4.88 Å². The molecule has 0 saturated carbocycles. The lowest BCUT2D eigenvalue weighted by molar-refractivity contribution is -0.143.